The standard InChI is InChI=1S/C15H16OSi/c1-17(2)14-11-7-6-10-13(14)15(16-17)12-8-4-3-5-9-12/h3-11,15H,1-2H3/t15-/m1/s1. The van der Waals surface area contributed by atoms with Gasteiger partial charge in [-0.1, -0.05) is 54.6 Å². The van der Waals surface area contributed by atoms with E-state index in [0.29, 0.717) is 0 Å². The third-order valence-corrected chi connectivity index (χ3v) is 5.98. The van der Waals surface area contributed by atoms with Crippen LogP contribution in [0.4, 0.5) is 0 Å². The van der Waals surface area contributed by atoms with Crippen molar-refractivity contribution in [1.82, 2.24) is 0 Å². The second kappa shape index (κ2) is 3.83. The van der Waals surface area contributed by atoms with Crippen molar-refractivity contribution in [2.24, 2.45) is 0 Å². The largest absolute Gasteiger partial charge is 0.402 e. The van der Waals surface area contributed by atoms with Crippen LogP contribution in [0, 0.1) is 0 Å². The first-order chi connectivity index (χ1) is 8.18. The maximum atomic E-state index is 6.34. The molecule has 2 aromatic rings. The molecule has 1 heterocycles. The van der Waals surface area contributed by atoms with Crippen molar-refractivity contribution >= 4 is 13.5 Å². The van der Waals surface area contributed by atoms with Crippen molar-refractivity contribution < 1.29 is 4.43 Å². The fourth-order valence-corrected chi connectivity index (χ4v) is 4.96. The summed E-state index contributed by atoms with van der Waals surface area (Å²) < 4.78 is 6.34. The van der Waals surface area contributed by atoms with Crippen molar-refractivity contribution in [3.05, 3.63) is 65.7 Å². The van der Waals surface area contributed by atoms with Crippen molar-refractivity contribution in [1.29, 1.82) is 0 Å². The highest BCUT2D eigenvalue weighted by Gasteiger charge is 2.40. The summed E-state index contributed by atoms with van der Waals surface area (Å²) in [7, 11) is -1.71. The van der Waals surface area contributed by atoms with Gasteiger partial charge in [-0.25, -0.2) is 0 Å². The Balaban J connectivity index is 2.12. The lowest BCUT2D eigenvalue weighted by atomic mass is 10.0. The van der Waals surface area contributed by atoms with Gasteiger partial charge >= 0.3 is 0 Å². The average Bonchev–Trinajstić information content (AvgIpc) is 2.64. The molecule has 86 valence electrons. The molecule has 0 amide bonds. The van der Waals surface area contributed by atoms with Gasteiger partial charge in [-0.15, -0.1) is 0 Å². The van der Waals surface area contributed by atoms with E-state index in [1.165, 1.54) is 16.3 Å². The van der Waals surface area contributed by atoms with E-state index in [1.807, 2.05) is 6.07 Å². The van der Waals surface area contributed by atoms with Gasteiger partial charge in [0.1, 0.15) is 0 Å². The lowest BCUT2D eigenvalue weighted by Crippen LogP contribution is -2.39. The minimum absolute atomic E-state index is 0.133. The van der Waals surface area contributed by atoms with Crippen LogP contribution in [0.5, 0.6) is 0 Å². The summed E-state index contributed by atoms with van der Waals surface area (Å²) in [4.78, 5) is 0. The molecule has 0 bridgehead atoms. The molecule has 2 aromatic carbocycles. The summed E-state index contributed by atoms with van der Waals surface area (Å²) in [5.41, 5.74) is 2.62. The van der Waals surface area contributed by atoms with E-state index < -0.39 is 8.32 Å². The van der Waals surface area contributed by atoms with Crippen LogP contribution >= 0.6 is 0 Å². The summed E-state index contributed by atoms with van der Waals surface area (Å²) in [5.74, 6) is 0. The highest BCUT2D eigenvalue weighted by molar-refractivity contribution is 6.85. The van der Waals surface area contributed by atoms with E-state index in [9.17, 15) is 0 Å². The zero-order valence-corrected chi connectivity index (χ0v) is 11.2. The predicted octanol–water partition coefficient (Wildman–Crippen LogP) is 3.22. The maximum Gasteiger partial charge on any atom is 0.219 e. The molecule has 0 aliphatic carbocycles. The summed E-state index contributed by atoms with van der Waals surface area (Å²) >= 11 is 0. The molecule has 1 atom stereocenters. The molecule has 17 heavy (non-hydrogen) atoms. The zero-order valence-electron chi connectivity index (χ0n) is 10.2. The van der Waals surface area contributed by atoms with Gasteiger partial charge in [0.05, 0.1) is 6.10 Å². The molecule has 1 aliphatic rings. The van der Waals surface area contributed by atoms with Gasteiger partial charge in [0.25, 0.3) is 0 Å². The Morgan fingerprint density at radius 3 is 2.29 bits per heavy atom. The van der Waals surface area contributed by atoms with Gasteiger partial charge in [0.15, 0.2) is 0 Å². The van der Waals surface area contributed by atoms with Crippen molar-refractivity contribution in [3.8, 4) is 0 Å². The third-order valence-electron chi connectivity index (χ3n) is 3.41. The van der Waals surface area contributed by atoms with Gasteiger partial charge in [0.2, 0.25) is 8.32 Å². The molecule has 0 N–H and O–H groups in total. The van der Waals surface area contributed by atoms with E-state index in [2.05, 4.69) is 61.6 Å². The first-order valence-corrected chi connectivity index (χ1v) is 8.91. The van der Waals surface area contributed by atoms with Crippen LogP contribution in [0.25, 0.3) is 0 Å². The number of benzene rings is 2. The Bertz CT molecular complexity index is 534. The van der Waals surface area contributed by atoms with Crippen LogP contribution in [0.2, 0.25) is 13.1 Å². The van der Waals surface area contributed by atoms with Gasteiger partial charge in [-0.3, -0.25) is 0 Å². The Morgan fingerprint density at radius 2 is 1.53 bits per heavy atom. The Hall–Kier alpha value is -1.38. The molecule has 2 heteroatoms. The topological polar surface area (TPSA) is 9.23 Å². The van der Waals surface area contributed by atoms with Crippen LogP contribution in [-0.4, -0.2) is 8.32 Å². The van der Waals surface area contributed by atoms with Crippen molar-refractivity contribution in [3.63, 3.8) is 0 Å². The van der Waals surface area contributed by atoms with Crippen LogP contribution in [0.3, 0.4) is 0 Å². The molecule has 1 aliphatic heterocycles. The van der Waals surface area contributed by atoms with E-state index in [1.54, 1.807) is 0 Å². The smallest absolute Gasteiger partial charge is 0.219 e. The van der Waals surface area contributed by atoms with E-state index >= 15 is 0 Å². The monoisotopic (exact) mass is 240 g/mol. The second-order valence-electron chi connectivity index (χ2n) is 5.01. The van der Waals surface area contributed by atoms with Crippen LogP contribution < -0.4 is 5.19 Å². The van der Waals surface area contributed by atoms with E-state index in [0.717, 1.165) is 0 Å². The molecule has 0 saturated carbocycles. The van der Waals surface area contributed by atoms with Gasteiger partial charge in [0, 0.05) is 0 Å². The summed E-state index contributed by atoms with van der Waals surface area (Å²) in [5, 5.41) is 1.44. The van der Waals surface area contributed by atoms with Crippen LogP contribution in [0.1, 0.15) is 17.2 Å². The molecule has 0 radical (unpaired) electrons. The minimum Gasteiger partial charge on any atom is -0.402 e. The Labute approximate surface area is 103 Å². The van der Waals surface area contributed by atoms with E-state index in [4.69, 9.17) is 4.43 Å². The molecule has 0 fully saturated rings. The summed E-state index contributed by atoms with van der Waals surface area (Å²) in [6, 6.07) is 19.2. The Morgan fingerprint density at radius 1 is 0.882 bits per heavy atom. The molecule has 0 saturated heterocycles. The highest BCUT2D eigenvalue weighted by atomic mass is 28.4. The normalized spacial score (nSPS) is 21.2. The van der Waals surface area contributed by atoms with E-state index in [-0.39, 0.29) is 6.10 Å². The molecule has 1 nitrogen and oxygen atoms in total. The predicted molar refractivity (Wildman–Crippen MR) is 72.9 cm³/mol. The SMILES string of the molecule is C[Si]1(C)O[C@H](c2ccccc2)c2ccccc21. The lowest BCUT2D eigenvalue weighted by Gasteiger charge is -2.18. The molecule has 0 aromatic heterocycles. The lowest BCUT2D eigenvalue weighted by molar-refractivity contribution is 0.259. The molecule has 3 rings (SSSR count). The van der Waals surface area contributed by atoms with Crippen molar-refractivity contribution in [2.75, 3.05) is 0 Å². The summed E-state index contributed by atoms with van der Waals surface area (Å²) in [6.07, 6.45) is 0.133. The number of rotatable bonds is 1. The third kappa shape index (κ3) is 1.74. The van der Waals surface area contributed by atoms with Gasteiger partial charge < -0.3 is 4.43 Å². The Kier molecular flexibility index (Phi) is 2.42. The van der Waals surface area contributed by atoms with Crippen LogP contribution in [0.15, 0.2) is 54.6 Å². The first-order valence-electron chi connectivity index (χ1n) is 6.01. The first kappa shape index (κ1) is 10.8. The molecule has 0 unspecified atom stereocenters. The van der Waals surface area contributed by atoms with Crippen LogP contribution in [-0.2, 0) is 4.43 Å². The number of hydrogen-bond acceptors (Lipinski definition) is 1. The molecule has 0 spiro atoms. The second-order valence-corrected chi connectivity index (χ2v) is 8.80. The summed E-state index contributed by atoms with van der Waals surface area (Å²) in [6.45, 7) is 4.55. The number of hydrogen-bond donors (Lipinski definition) is 0. The number of fused-ring (bicyclic) bond motifs is 1. The maximum absolute atomic E-state index is 6.34. The zero-order chi connectivity index (χ0) is 11.9. The average molecular weight is 240 g/mol. The highest BCUT2D eigenvalue weighted by Crippen LogP contribution is 2.34. The fourth-order valence-electron chi connectivity index (χ4n) is 2.57. The van der Waals surface area contributed by atoms with Gasteiger partial charge in [-0.05, 0) is 29.4 Å². The minimum atomic E-state index is -1.71. The van der Waals surface area contributed by atoms with Gasteiger partial charge in [-0.2, -0.15) is 0 Å². The quantitative estimate of drug-likeness (QED) is 0.695. The fraction of sp³-hybridized carbons (Fsp3) is 0.200. The molecular weight excluding hydrogens is 224 g/mol. The van der Waals surface area contributed by atoms with Crippen molar-refractivity contribution in [2.45, 2.75) is 19.2 Å². The molecular formula is C15H16OSi.